The van der Waals surface area contributed by atoms with E-state index in [4.69, 9.17) is 0 Å². The summed E-state index contributed by atoms with van der Waals surface area (Å²) in [6, 6.07) is 0.393. The average Bonchev–Trinajstić information content (AvgIpc) is 2.66. The first kappa shape index (κ1) is 10.8. The summed E-state index contributed by atoms with van der Waals surface area (Å²) >= 11 is 0. The fourth-order valence-electron chi connectivity index (χ4n) is 2.85. The second-order valence-corrected chi connectivity index (χ2v) is 5.10. The minimum absolute atomic E-state index is 0.393. The lowest BCUT2D eigenvalue weighted by Gasteiger charge is -2.35. The number of rotatable bonds is 1. The van der Waals surface area contributed by atoms with Crippen LogP contribution in [0.25, 0.3) is 0 Å². The third-order valence-electron chi connectivity index (χ3n) is 3.86. The van der Waals surface area contributed by atoms with Crippen LogP contribution in [0.4, 0.5) is 11.5 Å². The van der Waals surface area contributed by atoms with E-state index in [2.05, 4.69) is 22.2 Å². The van der Waals surface area contributed by atoms with E-state index in [1.165, 1.54) is 19.2 Å². The zero-order valence-electron chi connectivity index (χ0n) is 10.0. The molecule has 1 aliphatic heterocycles. The molecule has 2 aliphatic rings. The Hall–Kier alpha value is -1.36. The van der Waals surface area contributed by atoms with Gasteiger partial charge in [-0.05, 0) is 31.6 Å². The van der Waals surface area contributed by atoms with E-state index in [0.717, 1.165) is 30.3 Å². The summed E-state index contributed by atoms with van der Waals surface area (Å²) in [4.78, 5) is 10.3. The number of hydrogen-bond acceptors (Lipinski definition) is 5. The first-order valence-corrected chi connectivity index (χ1v) is 6.28. The highest BCUT2D eigenvalue weighted by atomic mass is 16.3. The van der Waals surface area contributed by atoms with Crippen molar-refractivity contribution in [2.45, 2.75) is 45.0 Å². The molecule has 0 spiro atoms. The lowest BCUT2D eigenvalue weighted by atomic mass is 9.87. The first-order chi connectivity index (χ1) is 8.25. The fraction of sp³-hybridized carbons (Fsp3) is 0.667. The van der Waals surface area contributed by atoms with Crippen molar-refractivity contribution in [2.75, 3.05) is 10.2 Å². The van der Waals surface area contributed by atoms with Crippen LogP contribution in [0.3, 0.4) is 0 Å². The molecule has 0 aromatic carbocycles. The molecule has 1 aromatic rings. The lowest BCUT2D eigenvalue weighted by Crippen LogP contribution is -2.45. The Balaban J connectivity index is 1.83. The molecular weight excluding hydrogens is 216 g/mol. The van der Waals surface area contributed by atoms with Gasteiger partial charge in [-0.3, -0.25) is 0 Å². The van der Waals surface area contributed by atoms with Gasteiger partial charge in [-0.25, -0.2) is 9.97 Å². The monoisotopic (exact) mass is 234 g/mol. The Labute approximate surface area is 101 Å². The molecular formula is C12H18N4O. The van der Waals surface area contributed by atoms with Crippen LogP contribution in [0, 0.1) is 5.92 Å². The summed E-state index contributed by atoms with van der Waals surface area (Å²) < 4.78 is 0. The molecule has 2 N–H and O–H groups in total. The number of aliphatic hydroxyl groups is 1. The SMILES string of the molecule is CC1CCC(N2c3ncncc3NC2O)CC1. The van der Waals surface area contributed by atoms with Gasteiger partial charge in [-0.1, -0.05) is 6.92 Å². The molecule has 2 heterocycles. The van der Waals surface area contributed by atoms with E-state index < -0.39 is 6.35 Å². The van der Waals surface area contributed by atoms with E-state index in [1.54, 1.807) is 6.20 Å². The summed E-state index contributed by atoms with van der Waals surface area (Å²) in [7, 11) is 0. The van der Waals surface area contributed by atoms with Gasteiger partial charge in [0, 0.05) is 6.04 Å². The predicted molar refractivity (Wildman–Crippen MR) is 65.6 cm³/mol. The maximum absolute atomic E-state index is 10.1. The van der Waals surface area contributed by atoms with Crippen LogP contribution in [-0.2, 0) is 0 Å². The smallest absolute Gasteiger partial charge is 0.206 e. The van der Waals surface area contributed by atoms with E-state index >= 15 is 0 Å². The normalized spacial score (nSPS) is 32.1. The fourth-order valence-corrected chi connectivity index (χ4v) is 2.85. The van der Waals surface area contributed by atoms with Crippen LogP contribution < -0.4 is 10.2 Å². The second kappa shape index (κ2) is 4.14. The molecule has 0 amide bonds. The standard InChI is InChI=1S/C12H18N4O/c1-8-2-4-9(5-3-8)16-11-10(15-12(16)17)6-13-7-14-11/h6-9,12,15,17H,2-5H2,1H3. The van der Waals surface area contributed by atoms with Crippen LogP contribution in [-0.4, -0.2) is 27.5 Å². The van der Waals surface area contributed by atoms with Gasteiger partial charge in [0.1, 0.15) is 6.33 Å². The number of hydrogen-bond donors (Lipinski definition) is 2. The van der Waals surface area contributed by atoms with Crippen LogP contribution in [0.15, 0.2) is 12.5 Å². The van der Waals surface area contributed by atoms with E-state index in [1.807, 2.05) is 4.90 Å². The van der Waals surface area contributed by atoms with Crippen LogP contribution >= 0.6 is 0 Å². The van der Waals surface area contributed by atoms with E-state index in [-0.39, 0.29) is 0 Å². The molecule has 1 unspecified atom stereocenters. The number of aromatic nitrogens is 2. The number of anilines is 2. The Kier molecular flexibility index (Phi) is 2.63. The minimum Gasteiger partial charge on any atom is -0.356 e. The molecule has 92 valence electrons. The van der Waals surface area contributed by atoms with Crippen molar-refractivity contribution in [1.29, 1.82) is 0 Å². The Bertz CT molecular complexity index is 403. The van der Waals surface area contributed by atoms with Crippen molar-refractivity contribution in [2.24, 2.45) is 5.92 Å². The van der Waals surface area contributed by atoms with Crippen molar-refractivity contribution >= 4 is 11.5 Å². The van der Waals surface area contributed by atoms with Gasteiger partial charge in [0.25, 0.3) is 0 Å². The van der Waals surface area contributed by atoms with E-state index in [0.29, 0.717) is 6.04 Å². The van der Waals surface area contributed by atoms with Crippen molar-refractivity contribution in [1.82, 2.24) is 9.97 Å². The lowest BCUT2D eigenvalue weighted by molar-refractivity contribution is 0.177. The Morgan fingerprint density at radius 3 is 2.88 bits per heavy atom. The highest BCUT2D eigenvalue weighted by molar-refractivity contribution is 5.70. The van der Waals surface area contributed by atoms with Crippen LogP contribution in [0.5, 0.6) is 0 Å². The van der Waals surface area contributed by atoms with Gasteiger partial charge in [0.2, 0.25) is 6.35 Å². The summed E-state index contributed by atoms with van der Waals surface area (Å²) in [5, 5.41) is 13.1. The highest BCUT2D eigenvalue weighted by Gasteiger charge is 2.35. The zero-order chi connectivity index (χ0) is 11.8. The molecule has 1 fully saturated rings. The molecule has 1 aromatic heterocycles. The van der Waals surface area contributed by atoms with Gasteiger partial charge in [0.05, 0.1) is 11.9 Å². The Morgan fingerprint density at radius 1 is 1.35 bits per heavy atom. The van der Waals surface area contributed by atoms with Crippen LogP contribution in [0.1, 0.15) is 32.6 Å². The van der Waals surface area contributed by atoms with Gasteiger partial charge in [-0.15, -0.1) is 0 Å². The number of nitrogens with one attached hydrogen (secondary N) is 1. The number of aliphatic hydroxyl groups excluding tert-OH is 1. The van der Waals surface area contributed by atoms with Gasteiger partial charge in [-0.2, -0.15) is 0 Å². The molecule has 0 radical (unpaired) electrons. The zero-order valence-corrected chi connectivity index (χ0v) is 10.0. The molecule has 1 aliphatic carbocycles. The quantitative estimate of drug-likeness (QED) is 0.772. The Morgan fingerprint density at radius 2 is 2.12 bits per heavy atom. The van der Waals surface area contributed by atoms with Crippen molar-refractivity contribution in [3.05, 3.63) is 12.5 Å². The van der Waals surface area contributed by atoms with Crippen molar-refractivity contribution in [3.8, 4) is 0 Å². The van der Waals surface area contributed by atoms with Gasteiger partial charge in [0.15, 0.2) is 5.82 Å². The summed E-state index contributed by atoms with van der Waals surface area (Å²) in [5.74, 6) is 1.65. The predicted octanol–water partition coefficient (Wildman–Crippen LogP) is 1.56. The average molecular weight is 234 g/mol. The van der Waals surface area contributed by atoms with E-state index in [9.17, 15) is 5.11 Å². The molecule has 5 nitrogen and oxygen atoms in total. The second-order valence-electron chi connectivity index (χ2n) is 5.10. The third-order valence-corrected chi connectivity index (χ3v) is 3.86. The first-order valence-electron chi connectivity index (χ1n) is 6.28. The maximum Gasteiger partial charge on any atom is 0.206 e. The number of fused-ring (bicyclic) bond motifs is 1. The molecule has 1 saturated carbocycles. The van der Waals surface area contributed by atoms with Crippen molar-refractivity contribution in [3.63, 3.8) is 0 Å². The van der Waals surface area contributed by atoms with Gasteiger partial charge >= 0.3 is 0 Å². The summed E-state index contributed by atoms with van der Waals surface area (Å²) in [6.45, 7) is 2.30. The molecule has 5 heteroatoms. The highest BCUT2D eigenvalue weighted by Crippen LogP contribution is 2.37. The summed E-state index contributed by atoms with van der Waals surface area (Å²) in [5.41, 5.74) is 0.832. The molecule has 1 atom stereocenters. The molecule has 17 heavy (non-hydrogen) atoms. The maximum atomic E-state index is 10.1. The number of nitrogens with zero attached hydrogens (tertiary/aromatic N) is 3. The topological polar surface area (TPSA) is 61.3 Å². The van der Waals surface area contributed by atoms with Crippen molar-refractivity contribution < 1.29 is 5.11 Å². The van der Waals surface area contributed by atoms with Crippen LogP contribution in [0.2, 0.25) is 0 Å². The van der Waals surface area contributed by atoms with Gasteiger partial charge < -0.3 is 15.3 Å². The molecule has 3 rings (SSSR count). The molecule has 0 saturated heterocycles. The minimum atomic E-state index is -0.653. The molecule has 0 bridgehead atoms. The third kappa shape index (κ3) is 1.84. The summed E-state index contributed by atoms with van der Waals surface area (Å²) in [6.07, 6.45) is 7.32. The largest absolute Gasteiger partial charge is 0.356 e.